The van der Waals surface area contributed by atoms with Gasteiger partial charge in [0, 0.05) is 25.1 Å². The molecule has 1 N–H and O–H groups in total. The molecule has 0 saturated heterocycles. The Kier molecular flexibility index (Phi) is 7.43. The minimum Gasteiger partial charge on any atom is -0.347 e. The van der Waals surface area contributed by atoms with Crippen LogP contribution >= 0.6 is 28.3 Å². The summed E-state index contributed by atoms with van der Waals surface area (Å²) in [6, 6.07) is 7.82. The lowest BCUT2D eigenvalue weighted by molar-refractivity contribution is -0.130. The number of carbonyl (C=O) groups excluding carboxylic acids is 1. The molecule has 0 radical (unpaired) electrons. The molecule has 5 heteroatoms. The van der Waals surface area contributed by atoms with Crippen LogP contribution in [-0.2, 0) is 11.3 Å². The van der Waals surface area contributed by atoms with Crippen molar-refractivity contribution in [2.24, 2.45) is 0 Å². The molecule has 0 spiro atoms. The molecule has 1 aromatic rings. The zero-order valence-electron chi connectivity index (χ0n) is 10.2. The first-order valence-corrected chi connectivity index (χ1v) is 5.99. The van der Waals surface area contributed by atoms with E-state index in [1.165, 1.54) is 0 Å². The maximum Gasteiger partial charge on any atom is 0.238 e. The highest BCUT2D eigenvalue weighted by atomic mass is 79.9. The summed E-state index contributed by atoms with van der Waals surface area (Å²) in [5, 5.41) is 3.20. The highest BCUT2D eigenvalue weighted by Crippen LogP contribution is 2.15. The van der Waals surface area contributed by atoms with E-state index < -0.39 is 0 Å². The van der Waals surface area contributed by atoms with Crippen molar-refractivity contribution >= 4 is 34.2 Å². The first-order valence-electron chi connectivity index (χ1n) is 5.20. The largest absolute Gasteiger partial charge is 0.347 e. The first kappa shape index (κ1) is 16.4. The fraction of sp³-hybridized carbons (Fsp3) is 0.417. The lowest BCUT2D eigenvalue weighted by Crippen LogP contribution is -2.41. The molecule has 0 aliphatic rings. The minimum atomic E-state index is -0.165. The van der Waals surface area contributed by atoms with Crippen molar-refractivity contribution < 1.29 is 4.79 Å². The molecule has 0 heterocycles. The molecule has 0 fully saturated rings. The standard InChI is InChI=1S/C12H17BrN2O.ClH/c1-9(12(16)15(2)3)14-8-10-6-4-5-7-11(10)13;/h4-7,9,14H,8H2,1-3H3;1H/t9-;/m1./s1. The van der Waals surface area contributed by atoms with E-state index >= 15 is 0 Å². The number of nitrogens with zero attached hydrogens (tertiary/aromatic N) is 1. The lowest BCUT2D eigenvalue weighted by Gasteiger charge is -2.18. The smallest absolute Gasteiger partial charge is 0.238 e. The second-order valence-electron chi connectivity index (χ2n) is 3.93. The summed E-state index contributed by atoms with van der Waals surface area (Å²) in [4.78, 5) is 13.2. The molecule has 0 bridgehead atoms. The average molecular weight is 322 g/mol. The van der Waals surface area contributed by atoms with Crippen molar-refractivity contribution in [3.05, 3.63) is 34.3 Å². The second kappa shape index (κ2) is 7.69. The Morgan fingerprint density at radius 2 is 2.00 bits per heavy atom. The number of hydrogen-bond donors (Lipinski definition) is 1. The number of likely N-dealkylation sites (N-methyl/N-ethyl adjacent to an activating group) is 1. The molecular formula is C12H18BrClN2O. The van der Waals surface area contributed by atoms with Gasteiger partial charge >= 0.3 is 0 Å². The van der Waals surface area contributed by atoms with Crippen molar-refractivity contribution in [2.45, 2.75) is 19.5 Å². The van der Waals surface area contributed by atoms with Gasteiger partial charge in [0.15, 0.2) is 0 Å². The number of amides is 1. The molecule has 1 aromatic carbocycles. The van der Waals surface area contributed by atoms with E-state index in [0.717, 1.165) is 10.0 Å². The summed E-state index contributed by atoms with van der Waals surface area (Å²) in [6.07, 6.45) is 0. The zero-order valence-corrected chi connectivity index (χ0v) is 12.6. The number of nitrogens with one attached hydrogen (secondary N) is 1. The third-order valence-corrected chi connectivity index (χ3v) is 3.14. The van der Waals surface area contributed by atoms with Crippen molar-refractivity contribution in [1.29, 1.82) is 0 Å². The summed E-state index contributed by atoms with van der Waals surface area (Å²) in [5.74, 6) is 0.0899. The Morgan fingerprint density at radius 1 is 1.41 bits per heavy atom. The van der Waals surface area contributed by atoms with E-state index in [9.17, 15) is 4.79 Å². The van der Waals surface area contributed by atoms with Crippen LogP contribution in [0.5, 0.6) is 0 Å². The summed E-state index contributed by atoms with van der Waals surface area (Å²) in [6.45, 7) is 2.56. The second-order valence-corrected chi connectivity index (χ2v) is 4.78. The van der Waals surface area contributed by atoms with E-state index in [-0.39, 0.29) is 24.4 Å². The minimum absolute atomic E-state index is 0. The Bertz CT molecular complexity index is 371. The summed E-state index contributed by atoms with van der Waals surface area (Å²) in [7, 11) is 3.53. The normalized spacial score (nSPS) is 11.5. The van der Waals surface area contributed by atoms with Crippen LogP contribution in [0.2, 0.25) is 0 Å². The fourth-order valence-electron chi connectivity index (χ4n) is 1.38. The van der Waals surface area contributed by atoms with E-state index in [4.69, 9.17) is 0 Å². The molecule has 0 aliphatic heterocycles. The number of rotatable bonds is 4. The van der Waals surface area contributed by atoms with E-state index in [0.29, 0.717) is 6.54 Å². The van der Waals surface area contributed by atoms with Gasteiger partial charge in [-0.15, -0.1) is 12.4 Å². The highest BCUT2D eigenvalue weighted by Gasteiger charge is 2.13. The third kappa shape index (κ3) is 5.06. The van der Waals surface area contributed by atoms with Crippen LogP contribution in [0.3, 0.4) is 0 Å². The van der Waals surface area contributed by atoms with Crippen molar-refractivity contribution in [2.75, 3.05) is 14.1 Å². The number of carbonyl (C=O) groups is 1. The van der Waals surface area contributed by atoms with Gasteiger partial charge in [-0.25, -0.2) is 0 Å². The van der Waals surface area contributed by atoms with Crippen LogP contribution in [0.25, 0.3) is 0 Å². The van der Waals surface area contributed by atoms with Gasteiger partial charge in [0.25, 0.3) is 0 Å². The average Bonchev–Trinajstić information content (AvgIpc) is 2.26. The topological polar surface area (TPSA) is 32.3 Å². The molecule has 1 rings (SSSR count). The van der Waals surface area contributed by atoms with E-state index in [2.05, 4.69) is 21.2 Å². The molecule has 96 valence electrons. The van der Waals surface area contributed by atoms with Crippen LogP contribution in [0.1, 0.15) is 12.5 Å². The zero-order chi connectivity index (χ0) is 12.1. The quantitative estimate of drug-likeness (QED) is 0.924. The molecule has 0 unspecified atom stereocenters. The Hall–Kier alpha value is -0.580. The van der Waals surface area contributed by atoms with Gasteiger partial charge in [0.2, 0.25) is 5.91 Å². The highest BCUT2D eigenvalue weighted by molar-refractivity contribution is 9.10. The van der Waals surface area contributed by atoms with Gasteiger partial charge in [-0.1, -0.05) is 34.1 Å². The molecule has 0 aromatic heterocycles. The van der Waals surface area contributed by atoms with Crippen molar-refractivity contribution in [1.82, 2.24) is 10.2 Å². The molecule has 0 saturated carbocycles. The molecular weight excluding hydrogens is 304 g/mol. The van der Waals surface area contributed by atoms with Gasteiger partial charge in [-0.3, -0.25) is 4.79 Å². The summed E-state index contributed by atoms with van der Waals surface area (Å²) >= 11 is 3.48. The molecule has 17 heavy (non-hydrogen) atoms. The monoisotopic (exact) mass is 320 g/mol. The SMILES string of the molecule is C[C@@H](NCc1ccccc1Br)C(=O)N(C)C.Cl. The first-order chi connectivity index (χ1) is 7.52. The van der Waals surface area contributed by atoms with Gasteiger partial charge in [-0.2, -0.15) is 0 Å². The van der Waals surface area contributed by atoms with Crippen molar-refractivity contribution in [3.8, 4) is 0 Å². The van der Waals surface area contributed by atoms with Crippen LogP contribution in [0, 0.1) is 0 Å². The van der Waals surface area contributed by atoms with Crippen molar-refractivity contribution in [3.63, 3.8) is 0 Å². The Labute approximate surface area is 117 Å². The van der Waals surface area contributed by atoms with Gasteiger partial charge in [0.05, 0.1) is 6.04 Å². The van der Waals surface area contributed by atoms with Gasteiger partial charge in [0.1, 0.15) is 0 Å². The Balaban J connectivity index is 0.00000256. The number of benzene rings is 1. The Morgan fingerprint density at radius 3 is 2.53 bits per heavy atom. The molecule has 3 nitrogen and oxygen atoms in total. The molecule has 1 atom stereocenters. The van der Waals surface area contributed by atoms with Crippen LogP contribution in [0.4, 0.5) is 0 Å². The third-order valence-electron chi connectivity index (χ3n) is 2.37. The lowest BCUT2D eigenvalue weighted by atomic mass is 10.2. The number of halogens is 2. The molecule has 1 amide bonds. The fourth-order valence-corrected chi connectivity index (χ4v) is 1.80. The van der Waals surface area contributed by atoms with Crippen LogP contribution in [-0.4, -0.2) is 30.9 Å². The summed E-state index contributed by atoms with van der Waals surface area (Å²) in [5.41, 5.74) is 1.15. The van der Waals surface area contributed by atoms with E-state index in [1.54, 1.807) is 19.0 Å². The summed E-state index contributed by atoms with van der Waals surface area (Å²) < 4.78 is 1.06. The predicted molar refractivity (Wildman–Crippen MR) is 76.4 cm³/mol. The van der Waals surface area contributed by atoms with E-state index in [1.807, 2.05) is 31.2 Å². The maximum absolute atomic E-state index is 11.6. The van der Waals surface area contributed by atoms with Gasteiger partial charge < -0.3 is 10.2 Å². The predicted octanol–water partition coefficient (Wildman–Crippen LogP) is 2.44. The van der Waals surface area contributed by atoms with Gasteiger partial charge in [-0.05, 0) is 18.6 Å². The maximum atomic E-state index is 11.6. The van der Waals surface area contributed by atoms with Crippen LogP contribution < -0.4 is 5.32 Å². The number of hydrogen-bond acceptors (Lipinski definition) is 2. The molecule has 0 aliphatic carbocycles. The van der Waals surface area contributed by atoms with Crippen LogP contribution in [0.15, 0.2) is 28.7 Å².